The van der Waals surface area contributed by atoms with Crippen LogP contribution in [0.25, 0.3) is 11.2 Å². The molecule has 1 N–H and O–H groups in total. The maximum Gasteiger partial charge on any atom is 0.332 e. The molecule has 0 bridgehead atoms. The first kappa shape index (κ1) is 20.7. The number of hydrogen-bond donors (Lipinski definition) is 1. The van der Waals surface area contributed by atoms with Crippen molar-refractivity contribution >= 4 is 34.4 Å². The molecule has 2 fully saturated rings. The summed E-state index contributed by atoms with van der Waals surface area (Å²) in [7, 11) is 3.17. The number of anilines is 1. The third-order valence-corrected chi connectivity index (χ3v) is 6.64. The zero-order valence-electron chi connectivity index (χ0n) is 18.3. The van der Waals surface area contributed by atoms with Crippen LogP contribution in [0.3, 0.4) is 0 Å². The maximum atomic E-state index is 13.1. The number of piperazine rings is 1. The zero-order valence-corrected chi connectivity index (χ0v) is 19.1. The van der Waals surface area contributed by atoms with Gasteiger partial charge < -0.3 is 15.1 Å². The number of aryl methyl sites for hydroxylation is 1. The molecule has 9 nitrogen and oxygen atoms in total. The van der Waals surface area contributed by atoms with Gasteiger partial charge in [0.1, 0.15) is 0 Å². The smallest absolute Gasteiger partial charge is 0.332 e. The van der Waals surface area contributed by atoms with Crippen LogP contribution in [0.15, 0.2) is 39.9 Å². The van der Waals surface area contributed by atoms with E-state index in [1.807, 2.05) is 34.9 Å². The van der Waals surface area contributed by atoms with Crippen LogP contribution in [-0.4, -0.2) is 60.9 Å². The van der Waals surface area contributed by atoms with Crippen LogP contribution >= 0.6 is 12.2 Å². The highest BCUT2D eigenvalue weighted by Gasteiger charge is 2.28. The third-order valence-electron chi connectivity index (χ3n) is 6.27. The predicted molar refractivity (Wildman–Crippen MR) is 128 cm³/mol. The lowest BCUT2D eigenvalue weighted by Crippen LogP contribution is -2.52. The number of thiocarbonyl (C=S) groups is 1. The molecule has 1 aliphatic heterocycles. The minimum absolute atomic E-state index is 0.328. The maximum absolute atomic E-state index is 13.1. The SMILES string of the molecule is Cn1c(=O)c2c(nc(N3CCN(C(=S)NC4CC4)CC3)n2Cc2ccccc2)n(C)c1=O. The first-order chi connectivity index (χ1) is 15.4. The van der Waals surface area contributed by atoms with Gasteiger partial charge in [-0.05, 0) is 30.6 Å². The van der Waals surface area contributed by atoms with Crippen molar-refractivity contribution in [3.63, 3.8) is 0 Å². The molecule has 0 amide bonds. The van der Waals surface area contributed by atoms with Crippen molar-refractivity contribution in [2.45, 2.75) is 25.4 Å². The lowest BCUT2D eigenvalue weighted by molar-refractivity contribution is 0.376. The molecule has 0 atom stereocenters. The molecule has 0 radical (unpaired) electrons. The summed E-state index contributed by atoms with van der Waals surface area (Å²) in [5.74, 6) is 0.711. The van der Waals surface area contributed by atoms with Gasteiger partial charge in [0.2, 0.25) is 5.95 Å². The largest absolute Gasteiger partial charge is 0.360 e. The molecule has 0 spiro atoms. The highest BCUT2D eigenvalue weighted by Crippen LogP contribution is 2.23. The molecule has 32 heavy (non-hydrogen) atoms. The van der Waals surface area contributed by atoms with Crippen LogP contribution in [0.1, 0.15) is 18.4 Å². The number of fused-ring (bicyclic) bond motifs is 1. The van der Waals surface area contributed by atoms with E-state index in [9.17, 15) is 9.59 Å². The fourth-order valence-electron chi connectivity index (χ4n) is 4.20. The summed E-state index contributed by atoms with van der Waals surface area (Å²) in [6, 6.07) is 10.5. The number of hydrogen-bond acceptors (Lipinski definition) is 5. The van der Waals surface area contributed by atoms with E-state index in [0.29, 0.717) is 29.7 Å². The van der Waals surface area contributed by atoms with Gasteiger partial charge in [-0.1, -0.05) is 30.3 Å². The van der Waals surface area contributed by atoms with Crippen molar-refractivity contribution in [2.75, 3.05) is 31.1 Å². The summed E-state index contributed by atoms with van der Waals surface area (Å²) in [6.07, 6.45) is 2.38. The highest BCUT2D eigenvalue weighted by molar-refractivity contribution is 7.80. The second kappa shape index (κ2) is 8.09. The molecule has 10 heteroatoms. The quantitative estimate of drug-likeness (QED) is 0.581. The Morgan fingerprint density at radius 1 is 1.06 bits per heavy atom. The van der Waals surface area contributed by atoms with Crippen molar-refractivity contribution in [2.24, 2.45) is 14.1 Å². The van der Waals surface area contributed by atoms with E-state index in [-0.39, 0.29) is 11.2 Å². The lowest BCUT2D eigenvalue weighted by Gasteiger charge is -2.36. The summed E-state index contributed by atoms with van der Waals surface area (Å²) in [5, 5.41) is 4.23. The van der Waals surface area contributed by atoms with Crippen molar-refractivity contribution in [1.29, 1.82) is 0 Å². The van der Waals surface area contributed by atoms with Gasteiger partial charge >= 0.3 is 5.69 Å². The van der Waals surface area contributed by atoms with Gasteiger partial charge in [-0.15, -0.1) is 0 Å². The second-order valence-corrected chi connectivity index (χ2v) is 8.95. The van der Waals surface area contributed by atoms with Crippen LogP contribution in [0.2, 0.25) is 0 Å². The number of rotatable bonds is 4. The number of aromatic nitrogens is 4. The van der Waals surface area contributed by atoms with E-state index >= 15 is 0 Å². The average molecular weight is 454 g/mol. The van der Waals surface area contributed by atoms with Gasteiger partial charge in [0.15, 0.2) is 16.3 Å². The second-order valence-electron chi connectivity index (χ2n) is 8.56. The molecule has 3 aromatic rings. The number of benzene rings is 1. The van der Waals surface area contributed by atoms with Gasteiger partial charge in [-0.2, -0.15) is 4.98 Å². The normalized spacial score (nSPS) is 16.6. The van der Waals surface area contributed by atoms with Gasteiger partial charge in [-0.3, -0.25) is 18.5 Å². The van der Waals surface area contributed by atoms with Gasteiger partial charge in [0.05, 0.1) is 6.54 Å². The van der Waals surface area contributed by atoms with Crippen LogP contribution in [-0.2, 0) is 20.6 Å². The molecule has 1 saturated carbocycles. The van der Waals surface area contributed by atoms with Crippen molar-refractivity contribution < 1.29 is 0 Å². The summed E-state index contributed by atoms with van der Waals surface area (Å²) in [4.78, 5) is 34.8. The summed E-state index contributed by atoms with van der Waals surface area (Å²) >= 11 is 5.57. The Labute approximate surface area is 190 Å². The van der Waals surface area contributed by atoms with E-state index in [2.05, 4.69) is 15.1 Å². The first-order valence-corrected chi connectivity index (χ1v) is 11.4. The van der Waals surface area contributed by atoms with Crippen LogP contribution in [0.5, 0.6) is 0 Å². The molecule has 1 aliphatic carbocycles. The lowest BCUT2D eigenvalue weighted by atomic mass is 10.2. The summed E-state index contributed by atoms with van der Waals surface area (Å²) in [5.41, 5.74) is 1.22. The Balaban J connectivity index is 1.52. The molecule has 3 heterocycles. The Hall–Kier alpha value is -3.14. The molecule has 0 unspecified atom stereocenters. The van der Waals surface area contributed by atoms with Gasteiger partial charge in [0, 0.05) is 46.3 Å². The van der Waals surface area contributed by atoms with E-state index in [1.54, 1.807) is 7.05 Å². The van der Waals surface area contributed by atoms with Crippen LogP contribution in [0.4, 0.5) is 5.95 Å². The fourth-order valence-corrected chi connectivity index (χ4v) is 4.54. The average Bonchev–Trinajstić information content (AvgIpc) is 3.55. The Morgan fingerprint density at radius 3 is 2.41 bits per heavy atom. The molecule has 1 aromatic carbocycles. The molecular weight excluding hydrogens is 426 g/mol. The monoisotopic (exact) mass is 453 g/mol. The van der Waals surface area contributed by atoms with E-state index < -0.39 is 0 Å². The number of imidazole rings is 1. The molecule has 2 aromatic heterocycles. The third kappa shape index (κ3) is 3.68. The molecule has 168 valence electrons. The minimum atomic E-state index is -0.375. The van der Waals surface area contributed by atoms with E-state index in [1.165, 1.54) is 24.5 Å². The van der Waals surface area contributed by atoms with Crippen molar-refractivity contribution in [3.05, 3.63) is 56.7 Å². The summed E-state index contributed by atoms with van der Waals surface area (Å²) < 4.78 is 4.55. The van der Waals surface area contributed by atoms with E-state index in [4.69, 9.17) is 17.2 Å². The minimum Gasteiger partial charge on any atom is -0.360 e. The zero-order chi connectivity index (χ0) is 22.4. The Morgan fingerprint density at radius 2 is 1.75 bits per heavy atom. The van der Waals surface area contributed by atoms with Crippen LogP contribution < -0.4 is 21.5 Å². The Bertz CT molecular complexity index is 1280. The standard InChI is InChI=1S/C22H27N7O2S/c1-25-18-17(19(30)26(2)22(25)31)29(14-15-6-4-3-5-7-15)20(24-18)27-10-12-28(13-11-27)21(32)23-16-8-9-16/h3-7,16H,8-14H2,1-2H3,(H,23,32). The fraction of sp³-hybridized carbons (Fsp3) is 0.455. The van der Waals surface area contributed by atoms with Crippen molar-refractivity contribution in [3.8, 4) is 0 Å². The predicted octanol–water partition coefficient (Wildman–Crippen LogP) is 0.641. The van der Waals surface area contributed by atoms with Crippen LogP contribution in [0, 0.1) is 0 Å². The molecule has 2 aliphatic rings. The Kier molecular flexibility index (Phi) is 5.24. The summed E-state index contributed by atoms with van der Waals surface area (Å²) in [6.45, 7) is 3.54. The topological polar surface area (TPSA) is 80.3 Å². The highest BCUT2D eigenvalue weighted by atomic mass is 32.1. The molecule has 1 saturated heterocycles. The molecule has 5 rings (SSSR count). The van der Waals surface area contributed by atoms with Gasteiger partial charge in [-0.25, -0.2) is 4.79 Å². The van der Waals surface area contributed by atoms with Crippen molar-refractivity contribution in [1.82, 2.24) is 28.9 Å². The number of nitrogens with zero attached hydrogens (tertiary/aromatic N) is 6. The van der Waals surface area contributed by atoms with E-state index in [0.717, 1.165) is 41.4 Å². The number of nitrogens with one attached hydrogen (secondary N) is 1. The van der Waals surface area contributed by atoms with Gasteiger partial charge in [0.25, 0.3) is 5.56 Å². The first-order valence-electron chi connectivity index (χ1n) is 10.9. The molecular formula is C22H27N7O2S.